The largest absolute Gasteiger partial charge is 0.365 e. The van der Waals surface area contributed by atoms with Crippen molar-refractivity contribution in [1.82, 2.24) is 10.2 Å². The molecule has 0 amide bonds. The van der Waals surface area contributed by atoms with Crippen LogP contribution in [0.4, 0.5) is 0 Å². The van der Waals surface area contributed by atoms with Gasteiger partial charge in [-0.25, -0.2) is 0 Å². The molecule has 1 aliphatic rings. The van der Waals surface area contributed by atoms with E-state index in [0.717, 1.165) is 24.8 Å². The van der Waals surface area contributed by atoms with Gasteiger partial charge in [-0.2, -0.15) is 0 Å². The lowest BCUT2D eigenvalue weighted by Crippen LogP contribution is -2.30. The summed E-state index contributed by atoms with van der Waals surface area (Å²) in [5.41, 5.74) is 0. The molecule has 1 heterocycles. The van der Waals surface area contributed by atoms with Crippen LogP contribution in [-0.4, -0.2) is 48.0 Å². The quantitative estimate of drug-likeness (QED) is 0.729. The molecular weight excluding hydrogens is 206 g/mol. The Morgan fingerprint density at radius 3 is 2.87 bits per heavy atom. The van der Waals surface area contributed by atoms with E-state index < -0.39 is 0 Å². The van der Waals surface area contributed by atoms with Crippen molar-refractivity contribution in [1.29, 1.82) is 0 Å². The van der Waals surface area contributed by atoms with Crippen molar-refractivity contribution in [3.05, 3.63) is 0 Å². The standard InChI is InChI=1S/C11H23N3S/c1-9(2)14(4)7-5-6-12-11-13-8-10(3)15-11/h9-10H,5-8H2,1-4H3,(H,12,13). The van der Waals surface area contributed by atoms with Crippen LogP contribution in [0.25, 0.3) is 0 Å². The van der Waals surface area contributed by atoms with Crippen molar-refractivity contribution in [2.45, 2.75) is 38.5 Å². The number of hydrogen-bond acceptors (Lipinski definition) is 4. The van der Waals surface area contributed by atoms with Gasteiger partial charge >= 0.3 is 0 Å². The number of amidine groups is 1. The van der Waals surface area contributed by atoms with Crippen LogP contribution in [0.3, 0.4) is 0 Å². The number of nitrogens with one attached hydrogen (secondary N) is 1. The average molecular weight is 229 g/mol. The molecule has 1 unspecified atom stereocenters. The lowest BCUT2D eigenvalue weighted by atomic mass is 10.3. The van der Waals surface area contributed by atoms with Gasteiger partial charge in [-0.05, 0) is 33.9 Å². The number of thioether (sulfide) groups is 1. The van der Waals surface area contributed by atoms with E-state index in [1.165, 1.54) is 6.42 Å². The monoisotopic (exact) mass is 229 g/mol. The first-order valence-corrected chi connectivity index (χ1v) is 6.62. The lowest BCUT2D eigenvalue weighted by Gasteiger charge is -2.20. The zero-order chi connectivity index (χ0) is 11.3. The predicted molar refractivity (Wildman–Crippen MR) is 69.7 cm³/mol. The summed E-state index contributed by atoms with van der Waals surface area (Å²) in [5, 5.41) is 5.18. The maximum absolute atomic E-state index is 4.42. The average Bonchev–Trinajstić information content (AvgIpc) is 2.58. The van der Waals surface area contributed by atoms with Crippen LogP contribution >= 0.6 is 11.8 Å². The van der Waals surface area contributed by atoms with E-state index in [2.05, 4.69) is 43.0 Å². The van der Waals surface area contributed by atoms with Crippen molar-refractivity contribution in [3.8, 4) is 0 Å². The number of aliphatic imine (C=N–C) groups is 1. The highest BCUT2D eigenvalue weighted by Crippen LogP contribution is 2.18. The molecular formula is C11H23N3S. The molecule has 0 aromatic rings. The van der Waals surface area contributed by atoms with Gasteiger partial charge in [-0.3, -0.25) is 4.99 Å². The Morgan fingerprint density at radius 1 is 1.60 bits per heavy atom. The first-order valence-electron chi connectivity index (χ1n) is 5.75. The minimum Gasteiger partial charge on any atom is -0.365 e. The second-order valence-electron chi connectivity index (χ2n) is 4.43. The minimum absolute atomic E-state index is 0.642. The van der Waals surface area contributed by atoms with E-state index in [1.54, 1.807) is 0 Å². The molecule has 0 fully saturated rings. The van der Waals surface area contributed by atoms with Crippen LogP contribution in [0.1, 0.15) is 27.2 Å². The van der Waals surface area contributed by atoms with E-state index in [0.29, 0.717) is 11.3 Å². The third kappa shape index (κ3) is 4.89. The smallest absolute Gasteiger partial charge is 0.156 e. The minimum atomic E-state index is 0.642. The molecule has 0 bridgehead atoms. The van der Waals surface area contributed by atoms with Gasteiger partial charge in [0.1, 0.15) is 0 Å². The molecule has 1 aliphatic heterocycles. The second-order valence-corrected chi connectivity index (χ2v) is 5.86. The van der Waals surface area contributed by atoms with Crippen molar-refractivity contribution >= 4 is 16.9 Å². The van der Waals surface area contributed by atoms with E-state index in [4.69, 9.17) is 0 Å². The Hall–Kier alpha value is -0.220. The van der Waals surface area contributed by atoms with Crippen LogP contribution in [0.15, 0.2) is 4.99 Å². The topological polar surface area (TPSA) is 27.6 Å². The molecule has 15 heavy (non-hydrogen) atoms. The van der Waals surface area contributed by atoms with E-state index in [9.17, 15) is 0 Å². The SMILES string of the molecule is CC1CN=C(NCCCN(C)C(C)C)S1. The number of rotatable bonds is 5. The highest BCUT2D eigenvalue weighted by molar-refractivity contribution is 8.14. The summed E-state index contributed by atoms with van der Waals surface area (Å²) in [6.45, 7) is 9.83. The zero-order valence-electron chi connectivity index (χ0n) is 10.3. The predicted octanol–water partition coefficient (Wildman–Crippen LogP) is 1.80. The first-order chi connectivity index (χ1) is 7.09. The summed E-state index contributed by atoms with van der Waals surface area (Å²) in [4.78, 5) is 6.79. The van der Waals surface area contributed by atoms with Gasteiger partial charge in [-0.15, -0.1) is 0 Å². The van der Waals surface area contributed by atoms with Gasteiger partial charge in [0, 0.05) is 17.8 Å². The lowest BCUT2D eigenvalue weighted by molar-refractivity contribution is 0.271. The summed E-state index contributed by atoms with van der Waals surface area (Å²) in [6.07, 6.45) is 1.18. The molecule has 0 aromatic carbocycles. The maximum atomic E-state index is 4.42. The molecule has 0 aliphatic carbocycles. The fraction of sp³-hybridized carbons (Fsp3) is 0.909. The molecule has 0 radical (unpaired) electrons. The normalized spacial score (nSPS) is 21.2. The first kappa shape index (κ1) is 12.8. The van der Waals surface area contributed by atoms with Crippen molar-refractivity contribution < 1.29 is 0 Å². The van der Waals surface area contributed by atoms with Crippen LogP contribution in [0, 0.1) is 0 Å². The van der Waals surface area contributed by atoms with Crippen LogP contribution in [0.2, 0.25) is 0 Å². The molecule has 1 atom stereocenters. The Labute approximate surface area is 97.7 Å². The fourth-order valence-electron chi connectivity index (χ4n) is 1.36. The van der Waals surface area contributed by atoms with E-state index in [1.807, 2.05) is 11.8 Å². The van der Waals surface area contributed by atoms with Gasteiger partial charge in [0.25, 0.3) is 0 Å². The molecule has 1 N–H and O–H groups in total. The summed E-state index contributed by atoms with van der Waals surface area (Å²) >= 11 is 1.86. The van der Waals surface area contributed by atoms with Crippen molar-refractivity contribution in [2.24, 2.45) is 4.99 Å². The Kier molecular flexibility index (Phi) is 5.47. The fourth-order valence-corrected chi connectivity index (χ4v) is 2.22. The number of hydrogen-bond donors (Lipinski definition) is 1. The highest BCUT2D eigenvalue weighted by Gasteiger charge is 2.13. The van der Waals surface area contributed by atoms with Gasteiger partial charge in [0.15, 0.2) is 5.17 Å². The molecule has 88 valence electrons. The number of nitrogens with zero attached hydrogens (tertiary/aromatic N) is 2. The van der Waals surface area contributed by atoms with Gasteiger partial charge in [0.2, 0.25) is 0 Å². The highest BCUT2D eigenvalue weighted by atomic mass is 32.2. The third-order valence-electron chi connectivity index (χ3n) is 2.65. The summed E-state index contributed by atoms with van der Waals surface area (Å²) in [5.74, 6) is 0. The van der Waals surface area contributed by atoms with Gasteiger partial charge in [-0.1, -0.05) is 18.7 Å². The molecule has 0 saturated heterocycles. The van der Waals surface area contributed by atoms with Crippen LogP contribution in [0.5, 0.6) is 0 Å². The zero-order valence-corrected chi connectivity index (χ0v) is 11.1. The summed E-state index contributed by atoms with van der Waals surface area (Å²) < 4.78 is 0. The molecule has 0 spiro atoms. The Morgan fingerprint density at radius 2 is 2.33 bits per heavy atom. The summed E-state index contributed by atoms with van der Waals surface area (Å²) in [6, 6.07) is 0.642. The van der Waals surface area contributed by atoms with E-state index in [-0.39, 0.29) is 0 Å². The Balaban J connectivity index is 2.02. The van der Waals surface area contributed by atoms with Gasteiger partial charge < -0.3 is 10.2 Å². The summed E-state index contributed by atoms with van der Waals surface area (Å²) in [7, 11) is 2.18. The Bertz CT molecular complexity index is 216. The molecule has 0 aromatic heterocycles. The molecule has 4 heteroatoms. The van der Waals surface area contributed by atoms with Crippen molar-refractivity contribution in [2.75, 3.05) is 26.7 Å². The maximum Gasteiger partial charge on any atom is 0.156 e. The molecule has 0 saturated carbocycles. The van der Waals surface area contributed by atoms with E-state index >= 15 is 0 Å². The molecule has 3 nitrogen and oxygen atoms in total. The molecule has 1 rings (SSSR count). The van der Waals surface area contributed by atoms with Crippen LogP contribution in [-0.2, 0) is 0 Å². The van der Waals surface area contributed by atoms with Crippen LogP contribution < -0.4 is 5.32 Å². The van der Waals surface area contributed by atoms with Crippen molar-refractivity contribution in [3.63, 3.8) is 0 Å². The van der Waals surface area contributed by atoms with Gasteiger partial charge in [0.05, 0.1) is 6.54 Å². The second kappa shape index (κ2) is 6.38. The third-order valence-corrected chi connectivity index (χ3v) is 3.70.